The quantitative estimate of drug-likeness (QED) is 0.395. The Hall–Kier alpha value is -3.29. The first kappa shape index (κ1) is 20.4. The van der Waals surface area contributed by atoms with E-state index in [1.54, 1.807) is 18.2 Å². The number of nitrogens with zero attached hydrogens (tertiary/aromatic N) is 2. The molecule has 1 aliphatic heterocycles. The summed E-state index contributed by atoms with van der Waals surface area (Å²) >= 11 is 0. The minimum absolute atomic E-state index is 0.0938. The third kappa shape index (κ3) is 5.37. The molecule has 0 aliphatic carbocycles. The van der Waals surface area contributed by atoms with Gasteiger partial charge in [0.1, 0.15) is 18.1 Å². The van der Waals surface area contributed by atoms with E-state index in [4.69, 9.17) is 9.47 Å². The molecule has 1 heterocycles. The van der Waals surface area contributed by atoms with Gasteiger partial charge in [0.25, 0.3) is 11.6 Å². The molecule has 0 radical (unpaired) electrons. The number of ether oxygens (including phenoxy) is 2. The van der Waals surface area contributed by atoms with E-state index in [0.717, 1.165) is 37.4 Å². The Morgan fingerprint density at radius 2 is 1.76 bits per heavy atom. The van der Waals surface area contributed by atoms with Gasteiger partial charge in [0.15, 0.2) is 0 Å². The first-order valence-electron chi connectivity index (χ1n) is 9.75. The van der Waals surface area contributed by atoms with E-state index in [9.17, 15) is 14.9 Å². The van der Waals surface area contributed by atoms with E-state index in [2.05, 4.69) is 10.2 Å². The van der Waals surface area contributed by atoms with E-state index < -0.39 is 4.92 Å². The zero-order valence-corrected chi connectivity index (χ0v) is 16.4. The first-order valence-corrected chi connectivity index (χ1v) is 9.75. The lowest BCUT2D eigenvalue weighted by molar-refractivity contribution is -0.384. The van der Waals surface area contributed by atoms with Crippen LogP contribution in [0.15, 0.2) is 42.5 Å². The Balaban J connectivity index is 1.59. The smallest absolute Gasteiger partial charge is 0.270 e. The number of nitrogens with one attached hydrogen (secondary N) is 1. The fourth-order valence-corrected chi connectivity index (χ4v) is 3.28. The highest BCUT2D eigenvalue weighted by Crippen LogP contribution is 2.28. The van der Waals surface area contributed by atoms with Crippen molar-refractivity contribution in [1.82, 2.24) is 5.32 Å². The highest BCUT2D eigenvalue weighted by molar-refractivity contribution is 6.00. The first-order chi connectivity index (χ1) is 14.1. The third-order valence-corrected chi connectivity index (χ3v) is 4.67. The zero-order valence-electron chi connectivity index (χ0n) is 16.4. The van der Waals surface area contributed by atoms with Crippen LogP contribution in [-0.4, -0.2) is 43.7 Å². The summed E-state index contributed by atoms with van der Waals surface area (Å²) in [5, 5.41) is 13.9. The van der Waals surface area contributed by atoms with Gasteiger partial charge in [0.2, 0.25) is 0 Å². The van der Waals surface area contributed by atoms with Gasteiger partial charge >= 0.3 is 0 Å². The van der Waals surface area contributed by atoms with Gasteiger partial charge in [-0.2, -0.15) is 0 Å². The molecule has 0 bridgehead atoms. The standard InChI is InChI=1S/C21H25N3O5/c1-2-28-17-6-8-18(9-7-17)29-14-11-22-21(25)19-15-16(24(26)27)5-10-20(19)23-12-3-4-13-23/h5-10,15H,2-4,11-14H2,1H3,(H,22,25). The van der Waals surface area contributed by atoms with Crippen molar-refractivity contribution in [3.63, 3.8) is 0 Å². The van der Waals surface area contributed by atoms with Crippen molar-refractivity contribution in [3.05, 3.63) is 58.1 Å². The Morgan fingerprint density at radius 3 is 2.38 bits per heavy atom. The van der Waals surface area contributed by atoms with Crippen molar-refractivity contribution in [1.29, 1.82) is 0 Å². The molecule has 2 aromatic carbocycles. The molecule has 29 heavy (non-hydrogen) atoms. The minimum Gasteiger partial charge on any atom is -0.494 e. The lowest BCUT2D eigenvalue weighted by Gasteiger charge is -2.21. The number of carbonyl (C=O) groups is 1. The molecule has 1 aliphatic rings. The normalized spacial score (nSPS) is 13.2. The summed E-state index contributed by atoms with van der Waals surface area (Å²) in [5.74, 6) is 1.11. The molecule has 3 rings (SSSR count). The van der Waals surface area contributed by atoms with Crippen LogP contribution in [0.3, 0.4) is 0 Å². The van der Waals surface area contributed by atoms with E-state index in [1.807, 2.05) is 19.1 Å². The van der Waals surface area contributed by atoms with Crippen LogP contribution in [0.25, 0.3) is 0 Å². The van der Waals surface area contributed by atoms with Crippen LogP contribution in [0.2, 0.25) is 0 Å². The number of hydrogen-bond donors (Lipinski definition) is 1. The molecule has 1 fully saturated rings. The fraction of sp³-hybridized carbons (Fsp3) is 0.381. The lowest BCUT2D eigenvalue weighted by atomic mass is 10.1. The summed E-state index contributed by atoms with van der Waals surface area (Å²) in [6.07, 6.45) is 2.10. The molecule has 0 aromatic heterocycles. The average molecular weight is 399 g/mol. The summed E-state index contributed by atoms with van der Waals surface area (Å²) in [6.45, 7) is 4.78. The van der Waals surface area contributed by atoms with E-state index >= 15 is 0 Å². The Labute approximate surface area is 169 Å². The molecule has 1 N–H and O–H groups in total. The van der Waals surface area contributed by atoms with Crippen LogP contribution in [0, 0.1) is 10.1 Å². The van der Waals surface area contributed by atoms with Crippen molar-refractivity contribution in [2.24, 2.45) is 0 Å². The molecule has 0 atom stereocenters. The van der Waals surface area contributed by atoms with Gasteiger partial charge in [0, 0.05) is 25.2 Å². The predicted molar refractivity (Wildman–Crippen MR) is 110 cm³/mol. The second-order valence-corrected chi connectivity index (χ2v) is 6.66. The summed E-state index contributed by atoms with van der Waals surface area (Å²) in [7, 11) is 0. The zero-order chi connectivity index (χ0) is 20.6. The van der Waals surface area contributed by atoms with Gasteiger partial charge < -0.3 is 19.7 Å². The van der Waals surface area contributed by atoms with Crippen LogP contribution >= 0.6 is 0 Å². The van der Waals surface area contributed by atoms with E-state index in [-0.39, 0.29) is 24.7 Å². The highest BCUT2D eigenvalue weighted by Gasteiger charge is 2.22. The van der Waals surface area contributed by atoms with Gasteiger partial charge in [-0.3, -0.25) is 14.9 Å². The lowest BCUT2D eigenvalue weighted by Crippen LogP contribution is -2.30. The Bertz CT molecular complexity index is 848. The minimum atomic E-state index is -0.487. The second kappa shape index (κ2) is 9.77. The number of nitro benzene ring substituents is 1. The van der Waals surface area contributed by atoms with Crippen molar-refractivity contribution in [3.8, 4) is 11.5 Å². The van der Waals surface area contributed by atoms with Crippen LogP contribution < -0.4 is 19.7 Å². The largest absolute Gasteiger partial charge is 0.494 e. The fourth-order valence-electron chi connectivity index (χ4n) is 3.28. The summed E-state index contributed by atoms with van der Waals surface area (Å²) < 4.78 is 11.0. The predicted octanol–water partition coefficient (Wildman–Crippen LogP) is 3.40. The van der Waals surface area contributed by atoms with Crippen molar-refractivity contribution in [2.75, 3.05) is 37.7 Å². The molecule has 8 heteroatoms. The number of rotatable bonds is 9. The molecule has 1 amide bonds. The Morgan fingerprint density at radius 1 is 1.10 bits per heavy atom. The number of benzene rings is 2. The van der Waals surface area contributed by atoms with Gasteiger partial charge in [-0.05, 0) is 50.1 Å². The number of hydrogen-bond acceptors (Lipinski definition) is 6. The molecule has 0 unspecified atom stereocenters. The molecule has 0 saturated carbocycles. The number of non-ortho nitro benzene ring substituents is 1. The SMILES string of the molecule is CCOc1ccc(OCCNC(=O)c2cc([N+](=O)[O-])ccc2N2CCCC2)cc1. The highest BCUT2D eigenvalue weighted by atomic mass is 16.6. The van der Waals surface area contributed by atoms with E-state index in [1.165, 1.54) is 12.1 Å². The van der Waals surface area contributed by atoms with E-state index in [0.29, 0.717) is 17.9 Å². The maximum Gasteiger partial charge on any atom is 0.270 e. The monoisotopic (exact) mass is 399 g/mol. The second-order valence-electron chi connectivity index (χ2n) is 6.66. The number of amides is 1. The van der Waals surface area contributed by atoms with Gasteiger partial charge in [-0.25, -0.2) is 0 Å². The van der Waals surface area contributed by atoms with Crippen LogP contribution in [0.5, 0.6) is 11.5 Å². The maximum atomic E-state index is 12.7. The van der Waals surface area contributed by atoms with Crippen LogP contribution in [0.4, 0.5) is 11.4 Å². The number of anilines is 1. The molecule has 0 spiro atoms. The molecular weight excluding hydrogens is 374 g/mol. The van der Waals surface area contributed by atoms with Gasteiger partial charge in [-0.1, -0.05) is 0 Å². The van der Waals surface area contributed by atoms with Crippen LogP contribution in [-0.2, 0) is 0 Å². The molecule has 1 saturated heterocycles. The van der Waals surface area contributed by atoms with Gasteiger partial charge in [0.05, 0.1) is 29.3 Å². The average Bonchev–Trinajstić information content (AvgIpc) is 3.26. The molecule has 8 nitrogen and oxygen atoms in total. The summed E-state index contributed by atoms with van der Waals surface area (Å²) in [5.41, 5.74) is 0.962. The number of nitro groups is 1. The molecular formula is C21H25N3O5. The summed E-state index contributed by atoms with van der Waals surface area (Å²) in [4.78, 5) is 25.4. The Kier molecular flexibility index (Phi) is 6.89. The summed E-state index contributed by atoms with van der Waals surface area (Å²) in [6, 6.07) is 11.7. The van der Waals surface area contributed by atoms with Gasteiger partial charge in [-0.15, -0.1) is 0 Å². The third-order valence-electron chi connectivity index (χ3n) is 4.67. The van der Waals surface area contributed by atoms with Crippen molar-refractivity contribution < 1.29 is 19.2 Å². The van der Waals surface area contributed by atoms with Crippen molar-refractivity contribution >= 4 is 17.3 Å². The van der Waals surface area contributed by atoms with Crippen LogP contribution in [0.1, 0.15) is 30.1 Å². The van der Waals surface area contributed by atoms with Crippen molar-refractivity contribution in [2.45, 2.75) is 19.8 Å². The molecule has 2 aromatic rings. The molecule has 154 valence electrons. The topological polar surface area (TPSA) is 93.9 Å². The number of carbonyl (C=O) groups excluding carboxylic acids is 1. The maximum absolute atomic E-state index is 12.7.